The van der Waals surface area contributed by atoms with Gasteiger partial charge in [-0.3, -0.25) is 4.79 Å². The third kappa shape index (κ3) is 3.03. The SMILES string of the molecule is COCC(C)C(Cl)C(N)=O. The zero-order chi connectivity index (χ0) is 8.15. The molecule has 3 nitrogen and oxygen atoms in total. The molecular formula is C6H12ClNO2. The zero-order valence-corrected chi connectivity index (χ0v) is 6.89. The second-order valence-corrected chi connectivity index (χ2v) is 2.71. The van der Waals surface area contributed by atoms with Gasteiger partial charge in [0.2, 0.25) is 5.91 Å². The Morgan fingerprint density at radius 1 is 1.80 bits per heavy atom. The lowest BCUT2D eigenvalue weighted by Gasteiger charge is -2.12. The number of hydrogen-bond donors (Lipinski definition) is 1. The highest BCUT2D eigenvalue weighted by molar-refractivity contribution is 6.30. The van der Waals surface area contributed by atoms with E-state index < -0.39 is 11.3 Å². The van der Waals surface area contributed by atoms with Gasteiger partial charge in [0.1, 0.15) is 5.38 Å². The number of carbonyl (C=O) groups is 1. The van der Waals surface area contributed by atoms with E-state index in [2.05, 4.69) is 0 Å². The van der Waals surface area contributed by atoms with Crippen LogP contribution in [0.25, 0.3) is 0 Å². The van der Waals surface area contributed by atoms with E-state index in [1.165, 1.54) is 0 Å². The van der Waals surface area contributed by atoms with Crippen molar-refractivity contribution in [3.63, 3.8) is 0 Å². The molecule has 0 saturated heterocycles. The molecule has 0 aromatic heterocycles. The van der Waals surface area contributed by atoms with Crippen LogP contribution >= 0.6 is 11.6 Å². The highest BCUT2D eigenvalue weighted by Gasteiger charge is 2.19. The first-order valence-electron chi connectivity index (χ1n) is 3.02. The largest absolute Gasteiger partial charge is 0.384 e. The van der Waals surface area contributed by atoms with E-state index in [4.69, 9.17) is 22.1 Å². The second-order valence-electron chi connectivity index (χ2n) is 2.24. The second kappa shape index (κ2) is 4.52. The highest BCUT2D eigenvalue weighted by Crippen LogP contribution is 2.09. The fraction of sp³-hybridized carbons (Fsp3) is 0.833. The summed E-state index contributed by atoms with van der Waals surface area (Å²) in [5.41, 5.74) is 4.94. The number of rotatable bonds is 4. The Bertz CT molecular complexity index is 118. The monoisotopic (exact) mass is 165 g/mol. The summed E-state index contributed by atoms with van der Waals surface area (Å²) in [6, 6.07) is 0. The number of ether oxygens (including phenoxy) is 1. The highest BCUT2D eigenvalue weighted by atomic mass is 35.5. The van der Waals surface area contributed by atoms with Gasteiger partial charge >= 0.3 is 0 Å². The van der Waals surface area contributed by atoms with Crippen molar-refractivity contribution in [2.24, 2.45) is 11.7 Å². The summed E-state index contributed by atoms with van der Waals surface area (Å²) in [6.07, 6.45) is 0. The fourth-order valence-electron chi connectivity index (χ4n) is 0.628. The Balaban J connectivity index is 3.69. The Morgan fingerprint density at radius 2 is 2.30 bits per heavy atom. The number of halogens is 1. The minimum absolute atomic E-state index is 0.0239. The van der Waals surface area contributed by atoms with Gasteiger partial charge in [-0.05, 0) is 0 Å². The van der Waals surface area contributed by atoms with Gasteiger partial charge in [0.25, 0.3) is 0 Å². The van der Waals surface area contributed by atoms with E-state index in [9.17, 15) is 4.79 Å². The van der Waals surface area contributed by atoms with E-state index in [-0.39, 0.29) is 5.92 Å². The van der Waals surface area contributed by atoms with Crippen LogP contribution in [-0.4, -0.2) is 25.0 Å². The lowest BCUT2D eigenvalue weighted by atomic mass is 10.1. The number of amides is 1. The molecule has 0 aromatic carbocycles. The van der Waals surface area contributed by atoms with Crippen molar-refractivity contribution in [3.05, 3.63) is 0 Å². The van der Waals surface area contributed by atoms with Gasteiger partial charge in [-0.2, -0.15) is 0 Å². The summed E-state index contributed by atoms with van der Waals surface area (Å²) < 4.78 is 4.78. The Kier molecular flexibility index (Phi) is 4.40. The van der Waals surface area contributed by atoms with Crippen LogP contribution in [0, 0.1) is 5.92 Å². The fourth-order valence-corrected chi connectivity index (χ4v) is 0.701. The van der Waals surface area contributed by atoms with Crippen LogP contribution in [0.5, 0.6) is 0 Å². The smallest absolute Gasteiger partial charge is 0.235 e. The number of primary amides is 1. The number of hydrogen-bond acceptors (Lipinski definition) is 2. The van der Waals surface area contributed by atoms with Crippen molar-refractivity contribution in [1.82, 2.24) is 0 Å². The molecule has 0 spiro atoms. The van der Waals surface area contributed by atoms with E-state index in [0.29, 0.717) is 6.61 Å². The molecule has 0 saturated carbocycles. The molecule has 10 heavy (non-hydrogen) atoms. The summed E-state index contributed by atoms with van der Waals surface area (Å²) in [7, 11) is 1.56. The van der Waals surface area contributed by atoms with Crippen LogP contribution in [0.4, 0.5) is 0 Å². The lowest BCUT2D eigenvalue weighted by molar-refractivity contribution is -0.118. The molecule has 2 unspecified atom stereocenters. The summed E-state index contributed by atoms with van der Waals surface area (Å²) in [4.78, 5) is 10.5. The summed E-state index contributed by atoms with van der Waals surface area (Å²) >= 11 is 5.59. The average molecular weight is 166 g/mol. The summed E-state index contributed by atoms with van der Waals surface area (Å²) in [5, 5.41) is -0.625. The van der Waals surface area contributed by atoms with Gasteiger partial charge in [0.15, 0.2) is 0 Å². The molecule has 0 aliphatic heterocycles. The number of alkyl halides is 1. The molecule has 0 bridgehead atoms. The van der Waals surface area contributed by atoms with Crippen LogP contribution in [0.1, 0.15) is 6.92 Å². The molecule has 0 rings (SSSR count). The molecule has 0 aromatic rings. The van der Waals surface area contributed by atoms with Gasteiger partial charge in [-0.15, -0.1) is 11.6 Å². The van der Waals surface area contributed by atoms with Crippen molar-refractivity contribution in [3.8, 4) is 0 Å². The summed E-state index contributed by atoms with van der Waals surface area (Å²) in [5.74, 6) is -0.518. The first-order valence-corrected chi connectivity index (χ1v) is 3.45. The van der Waals surface area contributed by atoms with Crippen molar-refractivity contribution < 1.29 is 9.53 Å². The topological polar surface area (TPSA) is 52.3 Å². The van der Waals surface area contributed by atoms with Crippen molar-refractivity contribution in [1.29, 1.82) is 0 Å². The van der Waals surface area contributed by atoms with Crippen LogP contribution in [-0.2, 0) is 9.53 Å². The van der Waals surface area contributed by atoms with Crippen molar-refractivity contribution >= 4 is 17.5 Å². The predicted octanol–water partition coefficient (Wildman–Crippen LogP) is 0.362. The molecule has 2 atom stereocenters. The van der Waals surface area contributed by atoms with E-state index in [0.717, 1.165) is 0 Å². The van der Waals surface area contributed by atoms with Crippen molar-refractivity contribution in [2.45, 2.75) is 12.3 Å². The first kappa shape index (κ1) is 9.72. The molecule has 2 N–H and O–H groups in total. The minimum atomic E-state index is -0.625. The van der Waals surface area contributed by atoms with E-state index in [1.54, 1.807) is 7.11 Å². The molecule has 0 aliphatic rings. The van der Waals surface area contributed by atoms with Gasteiger partial charge in [0, 0.05) is 13.0 Å². The normalized spacial score (nSPS) is 16.3. The zero-order valence-electron chi connectivity index (χ0n) is 6.13. The maximum Gasteiger partial charge on any atom is 0.235 e. The third-order valence-corrected chi connectivity index (χ3v) is 1.85. The molecule has 0 radical (unpaired) electrons. The molecule has 0 aliphatic carbocycles. The van der Waals surface area contributed by atoms with Gasteiger partial charge in [-0.25, -0.2) is 0 Å². The van der Waals surface area contributed by atoms with Crippen LogP contribution in [0.2, 0.25) is 0 Å². The van der Waals surface area contributed by atoms with Crippen molar-refractivity contribution in [2.75, 3.05) is 13.7 Å². The lowest BCUT2D eigenvalue weighted by Crippen LogP contribution is -2.31. The molecular weight excluding hydrogens is 154 g/mol. The van der Waals surface area contributed by atoms with E-state index >= 15 is 0 Å². The Labute approximate surface area is 65.5 Å². The number of carbonyl (C=O) groups excluding carboxylic acids is 1. The Morgan fingerprint density at radius 3 is 2.60 bits per heavy atom. The Hall–Kier alpha value is -0.280. The molecule has 1 amide bonds. The molecule has 0 heterocycles. The summed E-state index contributed by atoms with van der Waals surface area (Å²) in [6.45, 7) is 2.27. The standard InChI is InChI=1S/C6H12ClNO2/c1-4(3-10-2)5(7)6(8)9/h4-5H,3H2,1-2H3,(H2,8,9). The number of nitrogens with two attached hydrogens (primary N) is 1. The third-order valence-electron chi connectivity index (χ3n) is 1.20. The van der Waals surface area contributed by atoms with Gasteiger partial charge in [-0.1, -0.05) is 6.92 Å². The van der Waals surface area contributed by atoms with E-state index in [1.807, 2.05) is 6.92 Å². The van der Waals surface area contributed by atoms with Crippen LogP contribution < -0.4 is 5.73 Å². The maximum atomic E-state index is 10.5. The quantitative estimate of drug-likeness (QED) is 0.612. The molecule has 60 valence electrons. The molecule has 4 heteroatoms. The first-order chi connectivity index (χ1) is 4.59. The minimum Gasteiger partial charge on any atom is -0.384 e. The van der Waals surface area contributed by atoms with Gasteiger partial charge < -0.3 is 10.5 Å². The van der Waals surface area contributed by atoms with Crippen LogP contribution in [0.15, 0.2) is 0 Å². The number of methoxy groups -OCH3 is 1. The molecule has 0 fully saturated rings. The maximum absolute atomic E-state index is 10.5. The predicted molar refractivity (Wildman–Crippen MR) is 39.9 cm³/mol. The average Bonchev–Trinajstić information content (AvgIpc) is 1.87. The van der Waals surface area contributed by atoms with Crippen LogP contribution in [0.3, 0.4) is 0 Å². The van der Waals surface area contributed by atoms with Gasteiger partial charge in [0.05, 0.1) is 6.61 Å².